The Morgan fingerprint density at radius 2 is 1.74 bits per heavy atom. The predicted octanol–water partition coefficient (Wildman–Crippen LogP) is 3.98. The van der Waals surface area contributed by atoms with Crippen LogP contribution < -0.4 is 10.9 Å². The topological polar surface area (TPSA) is 89.8 Å². The standard InChI is InChI=1S/C27H25N3O4/c1-34-27(33)18-9-12-20(13-10-18)28-25(31)21-8-5-15-30-24(21)29-23-14-11-19(16-22(23)26(30)32)17-6-3-2-4-7-17/h2-8,11,14-16,18,20H,9-10,12-13H2,1H3,(H,28,31)/t18-,20+. The number of hydrogen-bond donors (Lipinski definition) is 1. The van der Waals surface area contributed by atoms with Crippen molar-refractivity contribution in [2.24, 2.45) is 5.92 Å². The van der Waals surface area contributed by atoms with E-state index in [1.54, 1.807) is 18.3 Å². The first-order valence-corrected chi connectivity index (χ1v) is 11.4. The summed E-state index contributed by atoms with van der Waals surface area (Å²) < 4.78 is 6.27. The van der Waals surface area contributed by atoms with Crippen LogP contribution in [0.5, 0.6) is 0 Å². The molecule has 1 aliphatic carbocycles. The molecule has 5 rings (SSSR count). The minimum Gasteiger partial charge on any atom is -0.469 e. The number of amides is 1. The zero-order valence-electron chi connectivity index (χ0n) is 18.9. The van der Waals surface area contributed by atoms with E-state index in [0.717, 1.165) is 11.1 Å². The van der Waals surface area contributed by atoms with Crippen LogP contribution in [0.2, 0.25) is 0 Å². The van der Waals surface area contributed by atoms with Gasteiger partial charge in [0.2, 0.25) is 0 Å². The summed E-state index contributed by atoms with van der Waals surface area (Å²) in [6, 6.07) is 18.8. The zero-order chi connectivity index (χ0) is 23.7. The van der Waals surface area contributed by atoms with Crippen molar-refractivity contribution in [3.8, 4) is 11.1 Å². The highest BCUT2D eigenvalue weighted by Gasteiger charge is 2.28. The normalized spacial score (nSPS) is 18.0. The Balaban J connectivity index is 1.45. The van der Waals surface area contributed by atoms with Crippen molar-refractivity contribution in [1.82, 2.24) is 14.7 Å². The highest BCUT2D eigenvalue weighted by molar-refractivity contribution is 6.01. The Labute approximate surface area is 196 Å². The van der Waals surface area contributed by atoms with Crippen molar-refractivity contribution in [3.63, 3.8) is 0 Å². The lowest BCUT2D eigenvalue weighted by atomic mass is 9.86. The van der Waals surface area contributed by atoms with Gasteiger partial charge in [-0.3, -0.25) is 18.8 Å². The number of carbonyl (C=O) groups excluding carboxylic acids is 2. The molecule has 1 amide bonds. The molecule has 1 saturated carbocycles. The Morgan fingerprint density at radius 3 is 2.47 bits per heavy atom. The molecule has 1 N–H and O–H groups in total. The Kier molecular flexibility index (Phi) is 5.84. The zero-order valence-corrected chi connectivity index (χ0v) is 18.9. The average molecular weight is 456 g/mol. The van der Waals surface area contributed by atoms with Crippen LogP contribution in [-0.2, 0) is 9.53 Å². The van der Waals surface area contributed by atoms with E-state index in [9.17, 15) is 14.4 Å². The van der Waals surface area contributed by atoms with E-state index in [2.05, 4.69) is 10.3 Å². The molecule has 2 aromatic heterocycles. The average Bonchev–Trinajstić information content (AvgIpc) is 2.89. The third-order valence-electron chi connectivity index (χ3n) is 6.59. The van der Waals surface area contributed by atoms with Gasteiger partial charge in [0, 0.05) is 12.2 Å². The summed E-state index contributed by atoms with van der Waals surface area (Å²) >= 11 is 0. The van der Waals surface area contributed by atoms with Crippen molar-refractivity contribution < 1.29 is 14.3 Å². The smallest absolute Gasteiger partial charge is 0.308 e. The number of fused-ring (bicyclic) bond motifs is 2. The molecule has 7 heteroatoms. The second kappa shape index (κ2) is 9.09. The lowest BCUT2D eigenvalue weighted by Crippen LogP contribution is -2.39. The molecular weight excluding hydrogens is 430 g/mol. The molecule has 0 aliphatic heterocycles. The van der Waals surface area contributed by atoms with Crippen LogP contribution >= 0.6 is 0 Å². The van der Waals surface area contributed by atoms with Crippen LogP contribution in [0.25, 0.3) is 27.7 Å². The van der Waals surface area contributed by atoms with Crippen molar-refractivity contribution in [2.45, 2.75) is 31.7 Å². The van der Waals surface area contributed by atoms with E-state index < -0.39 is 0 Å². The number of rotatable bonds is 4. The van der Waals surface area contributed by atoms with Gasteiger partial charge in [-0.15, -0.1) is 0 Å². The minimum absolute atomic E-state index is 0.0331. The minimum atomic E-state index is -0.272. The molecule has 172 valence electrons. The summed E-state index contributed by atoms with van der Waals surface area (Å²) in [5, 5.41) is 3.55. The van der Waals surface area contributed by atoms with Crippen LogP contribution in [-0.4, -0.2) is 34.4 Å². The highest BCUT2D eigenvalue weighted by Crippen LogP contribution is 2.26. The number of benzene rings is 2. The number of nitrogens with zero attached hydrogens (tertiary/aromatic N) is 2. The van der Waals surface area contributed by atoms with Gasteiger partial charge in [0.25, 0.3) is 11.5 Å². The van der Waals surface area contributed by atoms with Gasteiger partial charge in [0.15, 0.2) is 5.65 Å². The van der Waals surface area contributed by atoms with Crippen molar-refractivity contribution in [1.29, 1.82) is 0 Å². The van der Waals surface area contributed by atoms with Crippen LogP contribution in [0.4, 0.5) is 0 Å². The van der Waals surface area contributed by atoms with Gasteiger partial charge in [-0.05, 0) is 61.1 Å². The molecule has 4 aromatic rings. The highest BCUT2D eigenvalue weighted by atomic mass is 16.5. The first kappa shape index (κ1) is 21.8. The Morgan fingerprint density at radius 1 is 0.971 bits per heavy atom. The monoisotopic (exact) mass is 455 g/mol. The third kappa shape index (κ3) is 4.05. The van der Waals surface area contributed by atoms with Crippen molar-refractivity contribution in [2.75, 3.05) is 7.11 Å². The van der Waals surface area contributed by atoms with Crippen LogP contribution in [0, 0.1) is 5.92 Å². The first-order chi connectivity index (χ1) is 16.5. The summed E-state index contributed by atoms with van der Waals surface area (Å²) in [5.41, 5.74) is 2.96. The van der Waals surface area contributed by atoms with Gasteiger partial charge in [-0.1, -0.05) is 36.4 Å². The number of ether oxygens (including phenoxy) is 1. The van der Waals surface area contributed by atoms with Crippen LogP contribution in [0.3, 0.4) is 0 Å². The van der Waals surface area contributed by atoms with Gasteiger partial charge in [-0.2, -0.15) is 0 Å². The van der Waals surface area contributed by atoms with E-state index in [4.69, 9.17) is 4.74 Å². The summed E-state index contributed by atoms with van der Waals surface area (Å²) in [5.74, 6) is -0.570. The van der Waals surface area contributed by atoms with Crippen LogP contribution in [0.1, 0.15) is 36.0 Å². The van der Waals surface area contributed by atoms with E-state index in [1.165, 1.54) is 11.5 Å². The predicted molar refractivity (Wildman–Crippen MR) is 130 cm³/mol. The fourth-order valence-electron chi connectivity index (χ4n) is 4.72. The molecule has 0 saturated heterocycles. The van der Waals surface area contributed by atoms with Crippen molar-refractivity contribution in [3.05, 3.63) is 82.8 Å². The number of hydrogen-bond acceptors (Lipinski definition) is 5. The van der Waals surface area contributed by atoms with Gasteiger partial charge < -0.3 is 10.1 Å². The number of pyridine rings is 1. The third-order valence-corrected chi connectivity index (χ3v) is 6.59. The molecule has 1 fully saturated rings. The van der Waals surface area contributed by atoms with E-state index >= 15 is 0 Å². The molecule has 0 spiro atoms. The maximum atomic E-state index is 13.3. The number of nitrogens with one attached hydrogen (secondary N) is 1. The summed E-state index contributed by atoms with van der Waals surface area (Å²) in [7, 11) is 1.40. The van der Waals surface area contributed by atoms with Crippen molar-refractivity contribution >= 4 is 28.4 Å². The van der Waals surface area contributed by atoms with Crippen LogP contribution in [0.15, 0.2) is 71.7 Å². The quantitative estimate of drug-likeness (QED) is 0.371. The molecule has 0 bridgehead atoms. The van der Waals surface area contributed by atoms with E-state index in [0.29, 0.717) is 47.8 Å². The second-order valence-electron chi connectivity index (χ2n) is 8.68. The molecule has 0 radical (unpaired) electrons. The summed E-state index contributed by atoms with van der Waals surface area (Å²) in [6.07, 6.45) is 4.40. The second-order valence-corrected chi connectivity index (χ2v) is 8.68. The van der Waals surface area contributed by atoms with E-state index in [-0.39, 0.29) is 29.4 Å². The van der Waals surface area contributed by atoms with Gasteiger partial charge in [-0.25, -0.2) is 4.98 Å². The van der Waals surface area contributed by atoms with Gasteiger partial charge in [0.05, 0.1) is 29.5 Å². The summed E-state index contributed by atoms with van der Waals surface area (Å²) in [4.78, 5) is 42.9. The molecule has 7 nitrogen and oxygen atoms in total. The number of aromatic nitrogens is 2. The first-order valence-electron chi connectivity index (χ1n) is 11.4. The lowest BCUT2D eigenvalue weighted by Gasteiger charge is -2.27. The molecule has 0 unspecified atom stereocenters. The fraction of sp³-hybridized carbons (Fsp3) is 0.259. The van der Waals surface area contributed by atoms with E-state index in [1.807, 2.05) is 48.5 Å². The SMILES string of the molecule is COC(=O)[C@H]1CC[C@@H](NC(=O)c2cccn3c(=O)c4cc(-c5ccccc5)ccc4nc23)CC1. The number of carbonyl (C=O) groups is 2. The molecule has 34 heavy (non-hydrogen) atoms. The van der Waals surface area contributed by atoms with Gasteiger partial charge >= 0.3 is 5.97 Å². The lowest BCUT2D eigenvalue weighted by molar-refractivity contribution is -0.146. The number of methoxy groups -OCH3 is 1. The Hall–Kier alpha value is -4.00. The molecular formula is C27H25N3O4. The Bertz CT molecular complexity index is 1440. The molecule has 0 atom stereocenters. The maximum Gasteiger partial charge on any atom is 0.308 e. The maximum absolute atomic E-state index is 13.3. The molecule has 1 aliphatic rings. The molecule has 2 aromatic carbocycles. The number of esters is 1. The largest absolute Gasteiger partial charge is 0.469 e. The van der Waals surface area contributed by atoms with Gasteiger partial charge in [0.1, 0.15) is 0 Å². The summed E-state index contributed by atoms with van der Waals surface area (Å²) in [6.45, 7) is 0. The molecule has 2 heterocycles. The fourth-order valence-corrected chi connectivity index (χ4v) is 4.72.